The highest BCUT2D eigenvalue weighted by molar-refractivity contribution is 5.91. The third-order valence-electron chi connectivity index (χ3n) is 4.71. The number of hydrogen-bond donors (Lipinski definition) is 2. The molecule has 0 saturated carbocycles. The maximum atomic E-state index is 12.3. The molecule has 1 amide bonds. The number of amides is 1. The van der Waals surface area contributed by atoms with Crippen LogP contribution in [0, 0.1) is 10.1 Å². The number of benzene rings is 3. The van der Waals surface area contributed by atoms with Crippen molar-refractivity contribution in [3.63, 3.8) is 0 Å². The van der Waals surface area contributed by atoms with Crippen LogP contribution in [0.15, 0.2) is 91.0 Å². The van der Waals surface area contributed by atoms with Gasteiger partial charge in [-0.1, -0.05) is 72.8 Å². The zero-order valence-corrected chi connectivity index (χ0v) is 16.3. The standard InChI is InChI=1S/C24H22N2O4/c27-23(15-14-19-10-7-13-22(16-19)26(29)30)25-18-24(28,21-11-5-2-6-12-21)17-20-8-3-1-4-9-20/h1-16,28H,17-18H2,(H,25,27)/b15-14-/t24-/m0/s1. The number of nitro groups is 1. The number of rotatable bonds is 8. The van der Waals surface area contributed by atoms with E-state index in [0.717, 1.165) is 5.56 Å². The highest BCUT2D eigenvalue weighted by Gasteiger charge is 2.29. The van der Waals surface area contributed by atoms with Crippen LogP contribution in [0.1, 0.15) is 16.7 Å². The van der Waals surface area contributed by atoms with Gasteiger partial charge >= 0.3 is 0 Å². The number of nitro benzene ring substituents is 1. The quantitative estimate of drug-likeness (QED) is 0.340. The molecule has 2 N–H and O–H groups in total. The normalized spacial score (nSPS) is 13.0. The number of hydrogen-bond acceptors (Lipinski definition) is 4. The molecule has 0 aliphatic heterocycles. The van der Waals surface area contributed by atoms with Crippen LogP contribution in [0.4, 0.5) is 5.69 Å². The molecule has 3 aromatic carbocycles. The molecule has 6 heteroatoms. The van der Waals surface area contributed by atoms with Gasteiger partial charge < -0.3 is 10.4 Å². The fourth-order valence-corrected chi connectivity index (χ4v) is 3.15. The Balaban J connectivity index is 1.71. The second-order valence-electron chi connectivity index (χ2n) is 6.96. The van der Waals surface area contributed by atoms with Crippen LogP contribution in [-0.4, -0.2) is 22.5 Å². The predicted octanol–water partition coefficient (Wildman–Crippen LogP) is 3.85. The topological polar surface area (TPSA) is 92.5 Å². The summed E-state index contributed by atoms with van der Waals surface area (Å²) in [4.78, 5) is 22.7. The van der Waals surface area contributed by atoms with Crippen molar-refractivity contribution in [2.24, 2.45) is 0 Å². The minimum absolute atomic E-state index is 0.0179. The molecule has 0 heterocycles. The Hall–Kier alpha value is -3.77. The van der Waals surface area contributed by atoms with E-state index in [0.29, 0.717) is 17.5 Å². The van der Waals surface area contributed by atoms with Crippen LogP contribution >= 0.6 is 0 Å². The van der Waals surface area contributed by atoms with Gasteiger partial charge in [0.2, 0.25) is 5.91 Å². The summed E-state index contributed by atoms with van der Waals surface area (Å²) >= 11 is 0. The molecule has 152 valence electrons. The van der Waals surface area contributed by atoms with Crippen LogP contribution in [0.2, 0.25) is 0 Å². The molecule has 0 radical (unpaired) electrons. The summed E-state index contributed by atoms with van der Waals surface area (Å²) in [6.07, 6.45) is 3.14. The highest BCUT2D eigenvalue weighted by atomic mass is 16.6. The van der Waals surface area contributed by atoms with Gasteiger partial charge in [0.1, 0.15) is 5.60 Å². The molecule has 0 unspecified atom stereocenters. The van der Waals surface area contributed by atoms with Crippen LogP contribution in [-0.2, 0) is 16.8 Å². The Morgan fingerprint density at radius 3 is 2.33 bits per heavy atom. The largest absolute Gasteiger partial charge is 0.383 e. The van der Waals surface area contributed by atoms with Crippen molar-refractivity contribution in [1.29, 1.82) is 0 Å². The van der Waals surface area contributed by atoms with Crippen molar-refractivity contribution in [2.45, 2.75) is 12.0 Å². The summed E-state index contributed by atoms with van der Waals surface area (Å²) in [5.74, 6) is -0.399. The van der Waals surface area contributed by atoms with Gasteiger partial charge in [-0.25, -0.2) is 0 Å². The second-order valence-corrected chi connectivity index (χ2v) is 6.96. The van der Waals surface area contributed by atoms with Crippen LogP contribution in [0.3, 0.4) is 0 Å². The first-order valence-electron chi connectivity index (χ1n) is 9.48. The first-order chi connectivity index (χ1) is 14.5. The van der Waals surface area contributed by atoms with E-state index < -0.39 is 16.4 Å². The lowest BCUT2D eigenvalue weighted by molar-refractivity contribution is -0.384. The molecule has 1 atom stereocenters. The first-order valence-corrected chi connectivity index (χ1v) is 9.48. The monoisotopic (exact) mass is 402 g/mol. The van der Waals surface area contributed by atoms with Crippen molar-refractivity contribution in [3.8, 4) is 0 Å². The first kappa shape index (κ1) is 21.0. The number of nitrogens with zero attached hydrogens (tertiary/aromatic N) is 1. The average Bonchev–Trinajstić information content (AvgIpc) is 2.78. The number of carbonyl (C=O) groups excluding carboxylic acids is 1. The fourth-order valence-electron chi connectivity index (χ4n) is 3.15. The van der Waals surface area contributed by atoms with E-state index in [2.05, 4.69) is 5.32 Å². The molecule has 0 fully saturated rings. The third kappa shape index (κ3) is 5.62. The SMILES string of the molecule is O=C(/C=C\c1cccc([N+](=O)[O-])c1)NC[C@@](O)(Cc1ccccc1)c1ccccc1. The third-order valence-corrected chi connectivity index (χ3v) is 4.71. The van der Waals surface area contributed by atoms with E-state index in [9.17, 15) is 20.0 Å². The molecule has 0 aromatic heterocycles. The summed E-state index contributed by atoms with van der Waals surface area (Å²) < 4.78 is 0. The second kappa shape index (κ2) is 9.62. The Bertz CT molecular complexity index is 1040. The zero-order valence-electron chi connectivity index (χ0n) is 16.3. The number of non-ortho nitro benzene ring substituents is 1. The van der Waals surface area contributed by atoms with E-state index in [1.165, 1.54) is 24.3 Å². The maximum absolute atomic E-state index is 12.3. The van der Waals surface area contributed by atoms with E-state index >= 15 is 0 Å². The molecule has 0 bridgehead atoms. The fraction of sp³-hybridized carbons (Fsp3) is 0.125. The number of aliphatic hydroxyl groups is 1. The van der Waals surface area contributed by atoms with Crippen molar-refractivity contribution < 1.29 is 14.8 Å². The molecular formula is C24H22N2O4. The van der Waals surface area contributed by atoms with E-state index in [1.54, 1.807) is 12.1 Å². The molecule has 0 aliphatic carbocycles. The van der Waals surface area contributed by atoms with Crippen LogP contribution in [0.25, 0.3) is 6.08 Å². The summed E-state index contributed by atoms with van der Waals surface area (Å²) in [6.45, 7) is 0.0179. The molecule has 0 aliphatic rings. The van der Waals surface area contributed by atoms with Crippen LogP contribution in [0.5, 0.6) is 0 Å². The minimum atomic E-state index is -1.28. The Kier molecular flexibility index (Phi) is 6.72. The van der Waals surface area contributed by atoms with Crippen molar-refractivity contribution in [1.82, 2.24) is 5.32 Å². The maximum Gasteiger partial charge on any atom is 0.270 e. The van der Waals surface area contributed by atoms with Gasteiger partial charge in [-0.3, -0.25) is 14.9 Å². The minimum Gasteiger partial charge on any atom is -0.383 e. The smallest absolute Gasteiger partial charge is 0.270 e. The lowest BCUT2D eigenvalue weighted by atomic mass is 9.87. The Morgan fingerprint density at radius 1 is 1.00 bits per heavy atom. The van der Waals surface area contributed by atoms with Gasteiger partial charge in [0.15, 0.2) is 0 Å². The summed E-state index contributed by atoms with van der Waals surface area (Å²) in [5, 5.41) is 25.0. The average molecular weight is 402 g/mol. The van der Waals surface area contributed by atoms with Crippen LogP contribution < -0.4 is 5.32 Å². The summed E-state index contributed by atoms with van der Waals surface area (Å²) in [5.41, 5.74) is 0.875. The summed E-state index contributed by atoms with van der Waals surface area (Å²) in [6, 6.07) is 24.8. The Morgan fingerprint density at radius 2 is 1.67 bits per heavy atom. The zero-order chi connectivity index (χ0) is 21.4. The predicted molar refractivity (Wildman–Crippen MR) is 116 cm³/mol. The molecule has 0 spiro atoms. The molecule has 6 nitrogen and oxygen atoms in total. The van der Waals surface area contributed by atoms with E-state index in [4.69, 9.17) is 0 Å². The lowest BCUT2D eigenvalue weighted by Gasteiger charge is -2.29. The summed E-state index contributed by atoms with van der Waals surface area (Å²) in [7, 11) is 0. The molecule has 0 saturated heterocycles. The van der Waals surface area contributed by atoms with Gasteiger partial charge in [0, 0.05) is 24.6 Å². The van der Waals surface area contributed by atoms with Crippen molar-refractivity contribution >= 4 is 17.7 Å². The van der Waals surface area contributed by atoms with Gasteiger partial charge in [-0.2, -0.15) is 0 Å². The van der Waals surface area contributed by atoms with Gasteiger partial charge in [0.25, 0.3) is 5.69 Å². The van der Waals surface area contributed by atoms with Crippen molar-refractivity contribution in [3.05, 3.63) is 118 Å². The van der Waals surface area contributed by atoms with E-state index in [-0.39, 0.29) is 12.2 Å². The number of carbonyl (C=O) groups is 1. The molecular weight excluding hydrogens is 380 g/mol. The molecule has 3 rings (SSSR count). The lowest BCUT2D eigenvalue weighted by Crippen LogP contribution is -2.42. The molecule has 30 heavy (non-hydrogen) atoms. The van der Waals surface area contributed by atoms with Gasteiger partial charge in [0.05, 0.1) is 11.5 Å². The van der Waals surface area contributed by atoms with E-state index in [1.807, 2.05) is 60.7 Å². The highest BCUT2D eigenvalue weighted by Crippen LogP contribution is 2.25. The van der Waals surface area contributed by atoms with Gasteiger partial charge in [-0.15, -0.1) is 0 Å². The molecule has 3 aromatic rings. The number of nitrogens with one attached hydrogen (secondary N) is 1. The Labute approximate surface area is 174 Å². The van der Waals surface area contributed by atoms with Gasteiger partial charge in [-0.05, 0) is 22.8 Å². The van der Waals surface area contributed by atoms with Crippen molar-refractivity contribution in [2.75, 3.05) is 6.54 Å².